The molecule has 2 aliphatic carbocycles. The smallest absolute Gasteiger partial charge is 0.221 e. The molecule has 0 spiro atoms. The van der Waals surface area contributed by atoms with Gasteiger partial charge in [-0.15, -0.1) is 0 Å². The average molecular weight is 419 g/mol. The minimum Gasteiger partial charge on any atom is -0.353 e. The van der Waals surface area contributed by atoms with Crippen LogP contribution < -0.4 is 0 Å². The predicted molar refractivity (Wildman–Crippen MR) is 131 cm³/mol. The van der Waals surface area contributed by atoms with Crippen LogP contribution in [0.1, 0.15) is 114 Å². The Kier molecular flexibility index (Phi) is 24.3. The highest BCUT2D eigenvalue weighted by Gasteiger charge is 2.29. The summed E-state index contributed by atoms with van der Waals surface area (Å²) >= 11 is 0. The predicted octanol–water partition coefficient (Wildman–Crippen LogP) is 6.36. The third kappa shape index (κ3) is 20.9. The summed E-state index contributed by atoms with van der Waals surface area (Å²) in [6, 6.07) is 0.346. The van der Waals surface area contributed by atoms with Crippen molar-refractivity contribution in [2.75, 3.05) is 27.2 Å². The van der Waals surface area contributed by atoms with Gasteiger partial charge in [0, 0.05) is 19.5 Å². The first-order valence-electron chi connectivity index (χ1n) is 12.6. The van der Waals surface area contributed by atoms with E-state index in [2.05, 4.69) is 25.8 Å². The first kappa shape index (κ1) is 33.5. The molecule has 0 aromatic heterocycles. The fourth-order valence-corrected chi connectivity index (χ4v) is 3.34. The fraction of sp³-hybridized carbons (Fsp3) is 1.00. The average Bonchev–Trinajstić information content (AvgIpc) is 3.55. The minimum atomic E-state index is -1.65. The highest BCUT2D eigenvalue weighted by atomic mass is 16.5. The second-order valence-corrected chi connectivity index (χ2v) is 8.26. The van der Waals surface area contributed by atoms with Crippen LogP contribution in [0.25, 0.3) is 0 Å². The molecule has 0 aliphatic heterocycles. The van der Waals surface area contributed by atoms with E-state index >= 15 is 0 Å². The van der Waals surface area contributed by atoms with Crippen LogP contribution in [-0.2, 0) is 0 Å². The molecular formula is C25H58N2O2. The van der Waals surface area contributed by atoms with Gasteiger partial charge in [-0.2, -0.15) is 0 Å². The van der Waals surface area contributed by atoms with E-state index in [9.17, 15) is 10.2 Å². The third-order valence-electron chi connectivity index (χ3n) is 5.08. The maximum Gasteiger partial charge on any atom is 0.221 e. The van der Waals surface area contributed by atoms with Gasteiger partial charge in [-0.25, -0.2) is 0 Å². The zero-order valence-corrected chi connectivity index (χ0v) is 22.1. The lowest BCUT2D eigenvalue weighted by Gasteiger charge is -2.37. The van der Waals surface area contributed by atoms with E-state index in [4.69, 9.17) is 0 Å². The van der Waals surface area contributed by atoms with Gasteiger partial charge in [-0.3, -0.25) is 4.90 Å². The van der Waals surface area contributed by atoms with Gasteiger partial charge >= 0.3 is 0 Å². The van der Waals surface area contributed by atoms with E-state index in [0.29, 0.717) is 6.04 Å². The molecule has 2 aliphatic rings. The van der Waals surface area contributed by atoms with Crippen LogP contribution in [0, 0.1) is 11.8 Å². The van der Waals surface area contributed by atoms with Gasteiger partial charge < -0.3 is 15.1 Å². The van der Waals surface area contributed by atoms with Crippen LogP contribution in [0.2, 0.25) is 0 Å². The summed E-state index contributed by atoms with van der Waals surface area (Å²) in [7, 11) is 4.01. The van der Waals surface area contributed by atoms with E-state index in [0.717, 1.165) is 24.7 Å². The second kappa shape index (κ2) is 21.1. The Balaban J connectivity index is -0.000000371. The molecule has 2 fully saturated rings. The Hall–Kier alpha value is -0.160. The number of aliphatic hydroxyl groups is 2. The zero-order valence-electron chi connectivity index (χ0n) is 22.1. The van der Waals surface area contributed by atoms with Crippen molar-refractivity contribution in [3.05, 3.63) is 0 Å². The van der Waals surface area contributed by atoms with E-state index in [1.165, 1.54) is 58.5 Å². The standard InChI is InChI=1S/C10H21N.C9H19NO2.3C2H6/c1-9(2)8-11(3)7-6-10-4-5-10;1-9(11,12)10(2)8-6-4-3-5-7-8;3*1-2/h9-10H,4-8H2,1-3H3;8,11-12H,3-7H2,1-2H3;3*1-2H3. The third-order valence-corrected chi connectivity index (χ3v) is 5.08. The normalized spacial score (nSPS) is 16.6. The van der Waals surface area contributed by atoms with Crippen LogP contribution >= 0.6 is 0 Å². The van der Waals surface area contributed by atoms with Crippen LogP contribution in [0.15, 0.2) is 0 Å². The SMILES string of the molecule is CC.CC.CC.CC(C)CN(C)CCC1CC1.CN(C1CCCCC1)C(C)(O)O. The van der Waals surface area contributed by atoms with Crippen LogP contribution in [0.4, 0.5) is 0 Å². The largest absolute Gasteiger partial charge is 0.353 e. The van der Waals surface area contributed by atoms with E-state index in [-0.39, 0.29) is 0 Å². The molecular weight excluding hydrogens is 360 g/mol. The molecule has 29 heavy (non-hydrogen) atoms. The van der Waals surface area contributed by atoms with Crippen molar-refractivity contribution < 1.29 is 10.2 Å². The number of hydrogen-bond donors (Lipinski definition) is 2. The Labute approximate surface area is 185 Å². The summed E-state index contributed by atoms with van der Waals surface area (Å²) < 4.78 is 0. The van der Waals surface area contributed by atoms with Crippen LogP contribution in [0.5, 0.6) is 0 Å². The van der Waals surface area contributed by atoms with Gasteiger partial charge in [0.1, 0.15) is 0 Å². The quantitative estimate of drug-likeness (QED) is 0.472. The topological polar surface area (TPSA) is 46.9 Å². The van der Waals surface area contributed by atoms with Gasteiger partial charge in [0.15, 0.2) is 0 Å². The van der Waals surface area contributed by atoms with Crippen LogP contribution in [0.3, 0.4) is 0 Å². The molecule has 2 rings (SSSR count). The summed E-state index contributed by atoms with van der Waals surface area (Å²) in [6.45, 7) is 20.6. The zero-order chi connectivity index (χ0) is 23.5. The van der Waals surface area contributed by atoms with Gasteiger partial charge in [0.05, 0.1) is 0 Å². The monoisotopic (exact) mass is 418 g/mol. The maximum atomic E-state index is 9.32. The van der Waals surface area contributed by atoms with Gasteiger partial charge in [-0.1, -0.05) is 87.5 Å². The highest BCUT2D eigenvalue weighted by molar-refractivity contribution is 4.76. The molecule has 0 heterocycles. The lowest BCUT2D eigenvalue weighted by atomic mass is 9.94. The van der Waals surface area contributed by atoms with Crippen molar-refractivity contribution >= 4 is 0 Å². The van der Waals surface area contributed by atoms with Crippen LogP contribution in [-0.4, -0.2) is 59.2 Å². The highest BCUT2D eigenvalue weighted by Crippen LogP contribution is 2.32. The molecule has 0 unspecified atom stereocenters. The Morgan fingerprint density at radius 1 is 0.828 bits per heavy atom. The Morgan fingerprint density at radius 3 is 1.62 bits per heavy atom. The summed E-state index contributed by atoms with van der Waals surface area (Å²) in [5.41, 5.74) is 0. The minimum absolute atomic E-state index is 0.346. The molecule has 0 aromatic rings. The van der Waals surface area contributed by atoms with Gasteiger partial charge in [0.25, 0.3) is 0 Å². The molecule has 4 heteroatoms. The van der Waals surface area contributed by atoms with E-state index < -0.39 is 5.91 Å². The molecule has 4 nitrogen and oxygen atoms in total. The molecule has 0 atom stereocenters. The lowest BCUT2D eigenvalue weighted by Crippen LogP contribution is -2.49. The summed E-state index contributed by atoms with van der Waals surface area (Å²) in [5.74, 6) is 0.256. The van der Waals surface area contributed by atoms with Crippen molar-refractivity contribution in [1.29, 1.82) is 0 Å². The number of hydrogen-bond acceptors (Lipinski definition) is 4. The molecule has 0 radical (unpaired) electrons. The molecule has 0 saturated heterocycles. The van der Waals surface area contributed by atoms with Gasteiger partial charge in [-0.05, 0) is 51.7 Å². The van der Waals surface area contributed by atoms with Crippen molar-refractivity contribution in [1.82, 2.24) is 9.80 Å². The van der Waals surface area contributed by atoms with Crippen molar-refractivity contribution in [2.24, 2.45) is 11.8 Å². The molecule has 0 aromatic carbocycles. The lowest BCUT2D eigenvalue weighted by molar-refractivity contribution is -0.256. The molecule has 2 saturated carbocycles. The fourth-order valence-electron chi connectivity index (χ4n) is 3.34. The Morgan fingerprint density at radius 2 is 1.28 bits per heavy atom. The molecule has 0 amide bonds. The maximum absolute atomic E-state index is 9.32. The molecule has 2 N–H and O–H groups in total. The summed E-state index contributed by atoms with van der Waals surface area (Å²) in [4.78, 5) is 4.12. The van der Waals surface area contributed by atoms with Crippen molar-refractivity contribution in [3.8, 4) is 0 Å². The summed E-state index contributed by atoms with van der Waals surface area (Å²) in [5, 5.41) is 18.6. The van der Waals surface area contributed by atoms with Crippen molar-refractivity contribution in [3.63, 3.8) is 0 Å². The second-order valence-electron chi connectivity index (χ2n) is 8.26. The molecule has 180 valence electrons. The molecule has 0 bridgehead atoms. The summed E-state index contributed by atoms with van der Waals surface area (Å²) in [6.07, 6.45) is 10.3. The van der Waals surface area contributed by atoms with E-state index in [1.54, 1.807) is 11.9 Å². The number of rotatable bonds is 7. The first-order chi connectivity index (χ1) is 13.7. The van der Waals surface area contributed by atoms with Crippen molar-refractivity contribution in [2.45, 2.75) is 126 Å². The Bertz CT molecular complexity index is 306. The first-order valence-corrected chi connectivity index (χ1v) is 12.6. The van der Waals surface area contributed by atoms with E-state index in [1.807, 2.05) is 41.5 Å². The van der Waals surface area contributed by atoms with Gasteiger partial charge in [0.2, 0.25) is 5.91 Å². The number of nitrogens with zero attached hydrogens (tertiary/aromatic N) is 2.